The predicted octanol–water partition coefficient (Wildman–Crippen LogP) is 1.88. The fourth-order valence-corrected chi connectivity index (χ4v) is 1.68. The molecule has 14 heavy (non-hydrogen) atoms. The van der Waals surface area contributed by atoms with E-state index >= 15 is 0 Å². The van der Waals surface area contributed by atoms with Crippen LogP contribution in [0.5, 0.6) is 0 Å². The first-order chi connectivity index (χ1) is 6.63. The average Bonchev–Trinajstić information content (AvgIpc) is 2.45. The SMILES string of the molecule is CCn1nc(C)cc1CCCC(C)N. The normalized spacial score (nSPS) is 13.1. The zero-order valence-corrected chi connectivity index (χ0v) is 9.45. The van der Waals surface area contributed by atoms with Gasteiger partial charge in [-0.2, -0.15) is 5.10 Å². The van der Waals surface area contributed by atoms with E-state index in [4.69, 9.17) is 5.73 Å². The van der Waals surface area contributed by atoms with Crippen LogP contribution in [0.1, 0.15) is 38.1 Å². The fraction of sp³-hybridized carbons (Fsp3) is 0.727. The Labute approximate surface area is 86.3 Å². The van der Waals surface area contributed by atoms with Crippen molar-refractivity contribution in [2.75, 3.05) is 0 Å². The van der Waals surface area contributed by atoms with Crippen LogP contribution in [0.25, 0.3) is 0 Å². The molecule has 1 heterocycles. The van der Waals surface area contributed by atoms with Crippen molar-refractivity contribution < 1.29 is 0 Å². The lowest BCUT2D eigenvalue weighted by molar-refractivity contribution is 0.575. The van der Waals surface area contributed by atoms with Gasteiger partial charge in [-0.05, 0) is 46.1 Å². The molecule has 1 aromatic rings. The number of hydrogen-bond donors (Lipinski definition) is 1. The van der Waals surface area contributed by atoms with Gasteiger partial charge in [0.05, 0.1) is 5.69 Å². The van der Waals surface area contributed by atoms with E-state index in [0.717, 1.165) is 31.5 Å². The van der Waals surface area contributed by atoms with Crippen molar-refractivity contribution in [1.82, 2.24) is 9.78 Å². The first kappa shape index (κ1) is 11.2. The van der Waals surface area contributed by atoms with Gasteiger partial charge in [0, 0.05) is 18.3 Å². The summed E-state index contributed by atoms with van der Waals surface area (Å²) >= 11 is 0. The maximum Gasteiger partial charge on any atom is 0.0596 e. The Bertz CT molecular complexity index is 276. The monoisotopic (exact) mass is 195 g/mol. The van der Waals surface area contributed by atoms with Gasteiger partial charge in [-0.15, -0.1) is 0 Å². The number of nitrogens with two attached hydrogens (primary N) is 1. The Balaban J connectivity index is 2.48. The number of aromatic nitrogens is 2. The molecule has 2 N–H and O–H groups in total. The third-order valence-corrected chi connectivity index (χ3v) is 2.38. The van der Waals surface area contributed by atoms with Gasteiger partial charge in [-0.1, -0.05) is 0 Å². The highest BCUT2D eigenvalue weighted by Crippen LogP contribution is 2.08. The molecular weight excluding hydrogens is 174 g/mol. The highest BCUT2D eigenvalue weighted by atomic mass is 15.3. The standard InChI is InChI=1S/C11H21N3/c1-4-14-11(8-10(3)13-14)7-5-6-9(2)12/h8-9H,4-7,12H2,1-3H3. The van der Waals surface area contributed by atoms with Gasteiger partial charge in [0.1, 0.15) is 0 Å². The van der Waals surface area contributed by atoms with Crippen molar-refractivity contribution in [1.29, 1.82) is 0 Å². The molecule has 3 nitrogen and oxygen atoms in total. The zero-order chi connectivity index (χ0) is 10.6. The summed E-state index contributed by atoms with van der Waals surface area (Å²) in [5.74, 6) is 0. The number of nitrogens with zero attached hydrogens (tertiary/aromatic N) is 2. The second-order valence-corrected chi connectivity index (χ2v) is 3.96. The highest BCUT2D eigenvalue weighted by Gasteiger charge is 2.03. The summed E-state index contributed by atoms with van der Waals surface area (Å²) in [4.78, 5) is 0. The maximum absolute atomic E-state index is 5.71. The summed E-state index contributed by atoms with van der Waals surface area (Å²) < 4.78 is 2.08. The molecule has 1 atom stereocenters. The Morgan fingerprint density at radius 2 is 2.29 bits per heavy atom. The summed E-state index contributed by atoms with van der Waals surface area (Å²) in [6, 6.07) is 2.49. The van der Waals surface area contributed by atoms with Crippen molar-refractivity contribution in [3.05, 3.63) is 17.5 Å². The lowest BCUT2D eigenvalue weighted by Gasteiger charge is -2.06. The molecule has 0 amide bonds. The first-order valence-corrected chi connectivity index (χ1v) is 5.42. The molecule has 3 heteroatoms. The van der Waals surface area contributed by atoms with Crippen molar-refractivity contribution in [2.45, 2.75) is 52.6 Å². The third-order valence-electron chi connectivity index (χ3n) is 2.38. The minimum Gasteiger partial charge on any atom is -0.328 e. The molecule has 0 aliphatic heterocycles. The third kappa shape index (κ3) is 3.14. The summed E-state index contributed by atoms with van der Waals surface area (Å²) in [6.45, 7) is 7.19. The van der Waals surface area contributed by atoms with E-state index in [1.165, 1.54) is 5.69 Å². The van der Waals surface area contributed by atoms with E-state index in [9.17, 15) is 0 Å². The van der Waals surface area contributed by atoms with Crippen molar-refractivity contribution in [2.24, 2.45) is 5.73 Å². The van der Waals surface area contributed by atoms with Gasteiger partial charge in [0.15, 0.2) is 0 Å². The molecule has 0 spiro atoms. The quantitative estimate of drug-likeness (QED) is 0.779. The van der Waals surface area contributed by atoms with Crippen LogP contribution in [0, 0.1) is 6.92 Å². The van der Waals surface area contributed by atoms with Crippen LogP contribution in [0.3, 0.4) is 0 Å². The molecule has 1 rings (SSSR count). The van der Waals surface area contributed by atoms with E-state index in [1.54, 1.807) is 0 Å². The average molecular weight is 195 g/mol. The molecule has 0 aliphatic carbocycles. The second-order valence-electron chi connectivity index (χ2n) is 3.96. The summed E-state index contributed by atoms with van der Waals surface area (Å²) in [7, 11) is 0. The van der Waals surface area contributed by atoms with E-state index in [0.29, 0.717) is 6.04 Å². The summed E-state index contributed by atoms with van der Waals surface area (Å²) in [5, 5.41) is 4.41. The minimum absolute atomic E-state index is 0.314. The van der Waals surface area contributed by atoms with Crippen LogP contribution in [-0.4, -0.2) is 15.8 Å². The van der Waals surface area contributed by atoms with Crippen molar-refractivity contribution >= 4 is 0 Å². The fourth-order valence-electron chi connectivity index (χ4n) is 1.68. The minimum atomic E-state index is 0.314. The Morgan fingerprint density at radius 1 is 1.57 bits per heavy atom. The molecule has 0 fully saturated rings. The summed E-state index contributed by atoms with van der Waals surface area (Å²) in [5.41, 5.74) is 8.16. The molecule has 80 valence electrons. The van der Waals surface area contributed by atoms with Crippen LogP contribution >= 0.6 is 0 Å². The Kier molecular flexibility index (Phi) is 4.14. The van der Waals surface area contributed by atoms with Gasteiger partial charge in [-0.3, -0.25) is 4.68 Å². The summed E-state index contributed by atoms with van der Waals surface area (Å²) in [6.07, 6.45) is 3.34. The zero-order valence-electron chi connectivity index (χ0n) is 9.45. The molecule has 0 aliphatic rings. The van der Waals surface area contributed by atoms with Crippen molar-refractivity contribution in [3.8, 4) is 0 Å². The van der Waals surface area contributed by atoms with Crippen LogP contribution < -0.4 is 5.73 Å². The second kappa shape index (κ2) is 5.15. The molecule has 1 unspecified atom stereocenters. The van der Waals surface area contributed by atoms with Crippen molar-refractivity contribution in [3.63, 3.8) is 0 Å². The van der Waals surface area contributed by atoms with E-state index in [-0.39, 0.29) is 0 Å². The first-order valence-electron chi connectivity index (χ1n) is 5.42. The largest absolute Gasteiger partial charge is 0.328 e. The van der Waals surface area contributed by atoms with Gasteiger partial charge in [0.2, 0.25) is 0 Å². The molecule has 0 radical (unpaired) electrons. The van der Waals surface area contributed by atoms with Gasteiger partial charge >= 0.3 is 0 Å². The maximum atomic E-state index is 5.71. The van der Waals surface area contributed by atoms with Gasteiger partial charge < -0.3 is 5.73 Å². The highest BCUT2D eigenvalue weighted by molar-refractivity contribution is 5.08. The molecule has 1 aromatic heterocycles. The van der Waals surface area contributed by atoms with Gasteiger partial charge in [-0.25, -0.2) is 0 Å². The van der Waals surface area contributed by atoms with Gasteiger partial charge in [0.25, 0.3) is 0 Å². The van der Waals surface area contributed by atoms with Crippen LogP contribution in [0.4, 0.5) is 0 Å². The smallest absolute Gasteiger partial charge is 0.0596 e. The van der Waals surface area contributed by atoms with E-state index in [1.807, 2.05) is 6.92 Å². The van der Waals surface area contributed by atoms with Crippen LogP contribution in [-0.2, 0) is 13.0 Å². The topological polar surface area (TPSA) is 43.8 Å². The molecule has 0 saturated heterocycles. The van der Waals surface area contributed by atoms with E-state index < -0.39 is 0 Å². The van der Waals surface area contributed by atoms with E-state index in [2.05, 4.69) is 29.7 Å². The lowest BCUT2D eigenvalue weighted by atomic mass is 10.1. The molecule has 0 saturated carbocycles. The predicted molar refractivity (Wildman–Crippen MR) is 59.2 cm³/mol. The van der Waals surface area contributed by atoms with Crippen LogP contribution in [0.2, 0.25) is 0 Å². The molecule has 0 aromatic carbocycles. The molecule has 0 bridgehead atoms. The Morgan fingerprint density at radius 3 is 2.86 bits per heavy atom. The number of rotatable bonds is 5. The lowest BCUT2D eigenvalue weighted by Crippen LogP contribution is -2.14. The number of aryl methyl sites for hydroxylation is 3. The Hall–Kier alpha value is -0.830. The van der Waals surface area contributed by atoms with Crippen LogP contribution in [0.15, 0.2) is 6.07 Å². The molecular formula is C11H21N3. The number of hydrogen-bond acceptors (Lipinski definition) is 2.